The molecule has 3 aliphatic rings. The number of aliphatic hydroxyl groups is 2. The van der Waals surface area contributed by atoms with Crippen molar-refractivity contribution < 1.29 is 82.1 Å². The van der Waals surface area contributed by atoms with E-state index in [1.807, 2.05) is 27.7 Å². The van der Waals surface area contributed by atoms with E-state index in [4.69, 9.17) is 5.73 Å². The van der Waals surface area contributed by atoms with E-state index < -0.39 is 183 Å². The summed E-state index contributed by atoms with van der Waals surface area (Å²) >= 11 is 0. The van der Waals surface area contributed by atoms with E-state index in [2.05, 4.69) is 58.5 Å². The molecule has 0 spiro atoms. The van der Waals surface area contributed by atoms with Gasteiger partial charge in [-0.3, -0.25) is 71.9 Å². The summed E-state index contributed by atoms with van der Waals surface area (Å²) in [6, 6.07) is -10.6. The molecule has 0 unspecified atom stereocenters. The maximum absolute atomic E-state index is 14.5. The summed E-state index contributed by atoms with van der Waals surface area (Å²) in [5, 5.41) is 49.6. The largest absolute Gasteiger partial charge is 0.394 e. The first-order valence-electron chi connectivity index (χ1n) is 34.9. The molecule has 15 amide bonds. The second-order valence-corrected chi connectivity index (χ2v) is 30.8. The number of aliphatic hydroxyl groups excluding tert-OH is 2. The van der Waals surface area contributed by atoms with E-state index in [0.29, 0.717) is 32.1 Å². The van der Waals surface area contributed by atoms with Crippen LogP contribution in [0.1, 0.15) is 202 Å². The minimum Gasteiger partial charge on any atom is -0.394 e. The molecule has 0 radical (unpaired) electrons. The lowest BCUT2D eigenvalue weighted by atomic mass is 9.95. The van der Waals surface area contributed by atoms with Gasteiger partial charge in [-0.05, 0) is 151 Å². The van der Waals surface area contributed by atoms with Gasteiger partial charge in [0, 0.05) is 33.0 Å². The van der Waals surface area contributed by atoms with Gasteiger partial charge in [-0.15, -0.1) is 0 Å². The summed E-state index contributed by atoms with van der Waals surface area (Å²) in [6.45, 7) is 29.0. The maximum atomic E-state index is 14.5. The minimum atomic E-state index is -1.73. The second kappa shape index (κ2) is 36.5. The quantitative estimate of drug-likeness (QED) is 0.0336. The lowest BCUT2D eigenvalue weighted by Crippen LogP contribution is -2.65. The zero-order chi connectivity index (χ0) is 76.5. The number of nitrogens with one attached hydrogen (secondary N) is 11. The Morgan fingerprint density at radius 2 is 0.820 bits per heavy atom. The number of hydrogen-bond acceptors (Lipinski definition) is 17. The van der Waals surface area contributed by atoms with Crippen LogP contribution >= 0.6 is 0 Å². The van der Waals surface area contributed by atoms with Crippen LogP contribution in [0.2, 0.25) is 0 Å². The number of rotatable bonds is 36. The van der Waals surface area contributed by atoms with Crippen molar-refractivity contribution in [2.75, 3.05) is 32.8 Å². The van der Waals surface area contributed by atoms with Crippen LogP contribution in [0.25, 0.3) is 0 Å². The Morgan fingerprint density at radius 3 is 1.20 bits per heavy atom. The van der Waals surface area contributed by atoms with Gasteiger partial charge < -0.3 is 89.1 Å². The van der Waals surface area contributed by atoms with Crippen LogP contribution in [0.3, 0.4) is 0 Å². The van der Waals surface area contributed by atoms with Crippen molar-refractivity contribution in [3.8, 4) is 0 Å². The maximum Gasteiger partial charge on any atom is 0.248 e. The number of likely N-dealkylation sites (tertiary alicyclic amines) is 3. The van der Waals surface area contributed by atoms with Crippen molar-refractivity contribution in [2.24, 2.45) is 29.4 Å². The molecular weight excluding hydrogens is 1300 g/mol. The van der Waals surface area contributed by atoms with Crippen molar-refractivity contribution >= 4 is 88.6 Å². The van der Waals surface area contributed by atoms with Gasteiger partial charge in [-0.2, -0.15) is 0 Å². The first kappa shape index (κ1) is 86.2. The van der Waals surface area contributed by atoms with Crippen molar-refractivity contribution in [1.82, 2.24) is 73.2 Å². The number of hydrogen-bond donors (Lipinski definition) is 14. The lowest BCUT2D eigenvalue weighted by Gasteiger charge is -2.36. The van der Waals surface area contributed by atoms with E-state index in [1.54, 1.807) is 27.7 Å². The highest BCUT2D eigenvalue weighted by Gasteiger charge is 2.48. The van der Waals surface area contributed by atoms with Gasteiger partial charge in [-0.25, -0.2) is 0 Å². The van der Waals surface area contributed by atoms with Gasteiger partial charge >= 0.3 is 0 Å². The highest BCUT2D eigenvalue weighted by Crippen LogP contribution is 2.27. The number of carbonyl (C=O) groups excluding carboxylic acids is 15. The van der Waals surface area contributed by atoms with Gasteiger partial charge in [0.1, 0.15) is 76.0 Å². The van der Waals surface area contributed by atoms with Gasteiger partial charge in [0.25, 0.3) is 0 Å². The summed E-state index contributed by atoms with van der Waals surface area (Å²) in [5.74, 6) is -11.9. The van der Waals surface area contributed by atoms with Crippen molar-refractivity contribution in [2.45, 2.75) is 284 Å². The van der Waals surface area contributed by atoms with E-state index in [0.717, 1.165) is 0 Å². The molecule has 566 valence electrons. The smallest absolute Gasteiger partial charge is 0.248 e. The summed E-state index contributed by atoms with van der Waals surface area (Å²) in [7, 11) is 0. The third kappa shape index (κ3) is 24.1. The Labute approximate surface area is 588 Å². The summed E-state index contributed by atoms with van der Waals surface area (Å²) < 4.78 is 0. The van der Waals surface area contributed by atoms with Crippen LogP contribution < -0.4 is 64.2 Å². The second-order valence-electron chi connectivity index (χ2n) is 30.8. The molecule has 0 bridgehead atoms. The van der Waals surface area contributed by atoms with Gasteiger partial charge in [0.15, 0.2) is 0 Å². The fraction of sp³-hybridized carbons (Fsp3) is 0.779. The molecule has 0 aliphatic carbocycles. The van der Waals surface area contributed by atoms with Crippen molar-refractivity contribution in [3.05, 3.63) is 0 Å². The van der Waals surface area contributed by atoms with Gasteiger partial charge in [0.05, 0.1) is 19.3 Å². The van der Waals surface area contributed by atoms with E-state index in [-0.39, 0.29) is 82.5 Å². The normalized spacial score (nSPS) is 18.8. The summed E-state index contributed by atoms with van der Waals surface area (Å²) in [4.78, 5) is 210. The minimum absolute atomic E-state index is 0.0438. The Bertz CT molecular complexity index is 3000. The molecule has 0 aromatic rings. The molecule has 32 heteroatoms. The highest BCUT2D eigenvalue weighted by molar-refractivity contribution is 6.02. The van der Waals surface area contributed by atoms with E-state index >= 15 is 0 Å². The molecule has 3 heterocycles. The van der Waals surface area contributed by atoms with Crippen molar-refractivity contribution in [1.29, 1.82) is 0 Å². The molecule has 0 aromatic carbocycles. The van der Waals surface area contributed by atoms with E-state index in [9.17, 15) is 82.1 Å². The van der Waals surface area contributed by atoms with Crippen LogP contribution in [0, 0.1) is 23.7 Å². The van der Waals surface area contributed by atoms with Crippen LogP contribution in [0.5, 0.6) is 0 Å². The SMILES string of the molecule is CC[C@H](C)[C@@H](NC(=O)[C@H](CO)NC(=O)[C@H]1CCCN1C(=O)C(C)(C)NC(=O)[C@@H](CC(C)C)NC(=O)[C@H](CCC(N)=O)NC(=O)C(C)(C)NC(C)=O)C(=O)NC(C)(C)C(=O)N1CCC[C@H]1C(=O)NC(C)(C)C(=O)N[C@H](CC(C)C)C(=O)NC(C)(C)C(=O)N1CCC[C@@H]1C(=O)N[C@@H](CO)C(C)C. The molecular formula is C68H117N15O17. The number of amides is 15. The average molecular weight is 1420 g/mol. The predicted octanol–water partition coefficient (Wildman–Crippen LogP) is -1.59. The molecule has 3 fully saturated rings. The lowest BCUT2D eigenvalue weighted by molar-refractivity contribution is -0.146. The monoisotopic (exact) mass is 1420 g/mol. The topological polar surface area (TPSA) is 465 Å². The average Bonchev–Trinajstić information content (AvgIpc) is 1.63. The molecule has 3 saturated heterocycles. The van der Waals surface area contributed by atoms with Crippen LogP contribution in [0.15, 0.2) is 0 Å². The van der Waals surface area contributed by atoms with Crippen LogP contribution in [-0.2, 0) is 71.9 Å². The standard InChI is InChI=1S/C68H117N15O17/c1-20-39(8)50(75-52(89)45(35-85)72-56(93)47-25-22-30-82(47)61(98)66(14,15)77-53(90)42(32-36(2)3)70-51(88)41(27-28-49(69)87)73-59(96)64(10,11)76-40(9)86)58(95)80-68(18,19)63(100)83-31-23-26-48(83)57(94)79-65(12,13)60(97)74-43(33-37(4)5)54(91)78-67(16,17)62(99)81-29-21-24-46(81)55(92)71-44(34-84)38(6)7/h36-39,41-48,50,84-85H,20-35H2,1-19H3,(H2,69,87)(H,70,88)(H,71,92)(H,72,93)(H,73,96)(H,74,97)(H,75,89)(H,76,86)(H,77,90)(H,78,91)(H,79,94)(H,80,95)/t39-,41-,42+,43+,44-,45-,46+,47+,48-,50+/m0/s1. The fourth-order valence-electron chi connectivity index (χ4n) is 12.2. The Hall–Kier alpha value is -8.03. The Balaban J connectivity index is 1.72. The third-order valence-electron chi connectivity index (χ3n) is 18.3. The van der Waals surface area contributed by atoms with Crippen LogP contribution in [0.4, 0.5) is 0 Å². The zero-order valence-electron chi connectivity index (χ0n) is 62.3. The van der Waals surface area contributed by atoms with Gasteiger partial charge in [0.2, 0.25) is 88.6 Å². The summed E-state index contributed by atoms with van der Waals surface area (Å²) in [6.07, 6.45) is 1.82. The van der Waals surface area contributed by atoms with Crippen molar-refractivity contribution in [3.63, 3.8) is 0 Å². The van der Waals surface area contributed by atoms with Gasteiger partial charge in [-0.1, -0.05) is 61.8 Å². The fourth-order valence-corrected chi connectivity index (χ4v) is 12.2. The number of primary amides is 1. The zero-order valence-corrected chi connectivity index (χ0v) is 62.3. The third-order valence-corrected chi connectivity index (χ3v) is 18.3. The Kier molecular flexibility index (Phi) is 31.5. The molecule has 100 heavy (non-hydrogen) atoms. The number of nitrogens with two attached hydrogens (primary N) is 1. The Morgan fingerprint density at radius 1 is 0.440 bits per heavy atom. The molecule has 10 atom stereocenters. The molecule has 15 N–H and O–H groups in total. The highest BCUT2D eigenvalue weighted by atomic mass is 16.3. The first-order chi connectivity index (χ1) is 46.1. The number of carbonyl (C=O) groups is 15. The summed E-state index contributed by atoms with van der Waals surface area (Å²) in [5.41, 5.74) is -2.79. The molecule has 32 nitrogen and oxygen atoms in total. The van der Waals surface area contributed by atoms with Crippen LogP contribution in [-0.4, -0.2) is 228 Å². The molecule has 3 rings (SSSR count). The predicted molar refractivity (Wildman–Crippen MR) is 368 cm³/mol. The first-order valence-corrected chi connectivity index (χ1v) is 34.9. The van der Waals surface area contributed by atoms with E-state index in [1.165, 1.54) is 90.9 Å². The molecule has 0 aromatic heterocycles. The molecule has 0 saturated carbocycles. The molecule has 3 aliphatic heterocycles. The number of nitrogens with zero attached hydrogens (tertiary/aromatic N) is 3.